The molecule has 18 heavy (non-hydrogen) atoms. The summed E-state index contributed by atoms with van der Waals surface area (Å²) in [5.41, 5.74) is 0.962. The van der Waals surface area contributed by atoms with Gasteiger partial charge in [-0.25, -0.2) is 13.2 Å². The normalized spacial score (nSPS) is 17.7. The van der Waals surface area contributed by atoms with Crippen LogP contribution in [0.15, 0.2) is 28.1 Å². The van der Waals surface area contributed by atoms with Crippen molar-refractivity contribution in [3.63, 3.8) is 0 Å². The summed E-state index contributed by atoms with van der Waals surface area (Å²) in [5, 5.41) is 0. The molecule has 0 aromatic heterocycles. The van der Waals surface area contributed by atoms with Crippen LogP contribution in [0.25, 0.3) is 0 Å². The molecular weight excluding hydrogens is 250 g/mol. The lowest BCUT2D eigenvalue weighted by Crippen LogP contribution is -2.32. The molecule has 0 atom stereocenters. The van der Waals surface area contributed by atoms with Gasteiger partial charge in [0.05, 0.1) is 10.4 Å². The summed E-state index contributed by atoms with van der Waals surface area (Å²) in [5.74, 6) is 0. The predicted octanol–water partition coefficient (Wildman–Crippen LogP) is 2.11. The minimum atomic E-state index is -3.26. The zero-order chi connectivity index (χ0) is 13.4. The first-order valence-corrected chi connectivity index (χ1v) is 7.68. The minimum absolute atomic E-state index is 0.312. The standard InChI is InChI=1S/C13H15NO3S/c1-10-4-5-11(8-12(10)18(2,16)17)13(14-9-15)6-3-7-13/h4-5,8H,3,6-7H2,1-2H3. The molecule has 0 saturated heterocycles. The van der Waals surface area contributed by atoms with Gasteiger partial charge < -0.3 is 0 Å². The fourth-order valence-corrected chi connectivity index (χ4v) is 3.35. The van der Waals surface area contributed by atoms with E-state index in [4.69, 9.17) is 0 Å². The number of aliphatic imine (C=N–C) groups is 1. The molecule has 1 aromatic carbocycles. The van der Waals surface area contributed by atoms with Crippen LogP contribution in [0.5, 0.6) is 0 Å². The van der Waals surface area contributed by atoms with Gasteiger partial charge in [0.25, 0.3) is 0 Å². The summed E-state index contributed by atoms with van der Waals surface area (Å²) in [4.78, 5) is 14.7. The number of carbonyl (C=O) groups excluding carboxylic acids is 1. The van der Waals surface area contributed by atoms with E-state index in [1.54, 1.807) is 25.1 Å². The van der Waals surface area contributed by atoms with E-state index >= 15 is 0 Å². The Labute approximate surface area is 107 Å². The number of hydrogen-bond acceptors (Lipinski definition) is 4. The molecule has 1 aromatic rings. The fraction of sp³-hybridized carbons (Fsp3) is 0.462. The van der Waals surface area contributed by atoms with E-state index in [2.05, 4.69) is 4.99 Å². The highest BCUT2D eigenvalue weighted by Gasteiger charge is 2.39. The Hall–Kier alpha value is -1.45. The molecule has 0 bridgehead atoms. The highest BCUT2D eigenvalue weighted by molar-refractivity contribution is 7.90. The molecule has 2 rings (SSSR count). The first-order valence-electron chi connectivity index (χ1n) is 5.79. The summed E-state index contributed by atoms with van der Waals surface area (Å²) in [7, 11) is -3.26. The van der Waals surface area contributed by atoms with Crippen LogP contribution in [-0.4, -0.2) is 20.8 Å². The van der Waals surface area contributed by atoms with Crippen molar-refractivity contribution < 1.29 is 13.2 Å². The number of rotatable bonds is 3. The summed E-state index contributed by atoms with van der Waals surface area (Å²) in [6.45, 7) is 1.76. The van der Waals surface area contributed by atoms with Crippen LogP contribution in [0.1, 0.15) is 30.4 Å². The van der Waals surface area contributed by atoms with Crippen molar-refractivity contribution in [1.29, 1.82) is 0 Å². The molecule has 1 fully saturated rings. The molecule has 0 amide bonds. The Bertz CT molecular complexity index is 624. The first kappa shape index (κ1) is 13.0. The van der Waals surface area contributed by atoms with Crippen LogP contribution in [0.4, 0.5) is 0 Å². The molecule has 0 N–H and O–H groups in total. The third-order valence-electron chi connectivity index (χ3n) is 3.57. The lowest BCUT2D eigenvalue weighted by molar-refractivity contribution is 0.255. The van der Waals surface area contributed by atoms with Gasteiger partial charge in [0.2, 0.25) is 6.08 Å². The van der Waals surface area contributed by atoms with Crippen molar-refractivity contribution in [3.05, 3.63) is 29.3 Å². The van der Waals surface area contributed by atoms with Crippen molar-refractivity contribution in [1.82, 2.24) is 0 Å². The number of isocyanates is 1. The van der Waals surface area contributed by atoms with Crippen LogP contribution in [-0.2, 0) is 20.2 Å². The van der Waals surface area contributed by atoms with Crippen LogP contribution in [0, 0.1) is 6.92 Å². The monoisotopic (exact) mass is 265 g/mol. The number of sulfone groups is 1. The maximum Gasteiger partial charge on any atom is 0.235 e. The SMILES string of the molecule is Cc1ccc(C2(N=C=O)CCC2)cc1S(C)(=O)=O. The van der Waals surface area contributed by atoms with Gasteiger partial charge >= 0.3 is 0 Å². The Morgan fingerprint density at radius 2 is 2.00 bits per heavy atom. The molecule has 4 nitrogen and oxygen atoms in total. The van der Waals surface area contributed by atoms with E-state index in [-0.39, 0.29) is 0 Å². The Kier molecular flexibility index (Phi) is 3.13. The lowest BCUT2D eigenvalue weighted by atomic mass is 9.72. The van der Waals surface area contributed by atoms with E-state index in [1.807, 2.05) is 6.07 Å². The molecule has 1 aliphatic rings. The maximum absolute atomic E-state index is 11.7. The summed E-state index contributed by atoms with van der Waals surface area (Å²) < 4.78 is 23.4. The second-order valence-electron chi connectivity index (χ2n) is 4.84. The lowest BCUT2D eigenvalue weighted by Gasteiger charge is -2.37. The van der Waals surface area contributed by atoms with Crippen LogP contribution >= 0.6 is 0 Å². The highest BCUT2D eigenvalue weighted by atomic mass is 32.2. The van der Waals surface area contributed by atoms with Crippen molar-refractivity contribution in [2.24, 2.45) is 4.99 Å². The number of nitrogens with zero attached hydrogens (tertiary/aromatic N) is 1. The second kappa shape index (κ2) is 4.34. The summed E-state index contributed by atoms with van der Waals surface area (Å²) >= 11 is 0. The van der Waals surface area contributed by atoms with Crippen LogP contribution in [0.2, 0.25) is 0 Å². The summed E-state index contributed by atoms with van der Waals surface area (Å²) in [6, 6.07) is 5.26. The number of aryl methyl sites for hydroxylation is 1. The molecule has 0 heterocycles. The van der Waals surface area contributed by atoms with Crippen molar-refractivity contribution in [2.75, 3.05) is 6.26 Å². The molecule has 0 aliphatic heterocycles. The van der Waals surface area contributed by atoms with Gasteiger partial charge in [-0.2, -0.15) is 4.99 Å². The van der Waals surface area contributed by atoms with Gasteiger partial charge in [0.1, 0.15) is 0 Å². The predicted molar refractivity (Wildman–Crippen MR) is 67.9 cm³/mol. The van der Waals surface area contributed by atoms with E-state index in [0.29, 0.717) is 10.5 Å². The van der Waals surface area contributed by atoms with Crippen LogP contribution < -0.4 is 0 Å². The van der Waals surface area contributed by atoms with Gasteiger partial charge in [0, 0.05) is 6.26 Å². The molecular formula is C13H15NO3S. The van der Waals surface area contributed by atoms with Crippen molar-refractivity contribution in [2.45, 2.75) is 36.6 Å². The molecule has 1 aliphatic carbocycles. The zero-order valence-corrected chi connectivity index (χ0v) is 11.3. The van der Waals surface area contributed by atoms with Crippen molar-refractivity contribution in [3.8, 4) is 0 Å². The zero-order valence-electron chi connectivity index (χ0n) is 10.4. The van der Waals surface area contributed by atoms with E-state index < -0.39 is 15.4 Å². The Morgan fingerprint density at radius 3 is 2.44 bits per heavy atom. The van der Waals surface area contributed by atoms with E-state index in [0.717, 1.165) is 24.8 Å². The van der Waals surface area contributed by atoms with Crippen LogP contribution in [0.3, 0.4) is 0 Å². The number of benzene rings is 1. The summed E-state index contributed by atoms with van der Waals surface area (Å²) in [6.07, 6.45) is 5.34. The highest BCUT2D eigenvalue weighted by Crippen LogP contribution is 2.45. The van der Waals surface area contributed by atoms with Gasteiger partial charge in [-0.05, 0) is 43.4 Å². The first-order chi connectivity index (χ1) is 8.39. The molecule has 0 radical (unpaired) electrons. The molecule has 0 unspecified atom stereocenters. The van der Waals surface area contributed by atoms with Gasteiger partial charge in [-0.1, -0.05) is 12.1 Å². The number of hydrogen-bond donors (Lipinski definition) is 0. The quantitative estimate of drug-likeness (QED) is 0.621. The smallest absolute Gasteiger partial charge is 0.224 e. The Morgan fingerprint density at radius 1 is 1.33 bits per heavy atom. The van der Waals surface area contributed by atoms with E-state index in [9.17, 15) is 13.2 Å². The average molecular weight is 265 g/mol. The fourth-order valence-electron chi connectivity index (χ4n) is 2.35. The third-order valence-corrected chi connectivity index (χ3v) is 4.80. The molecule has 5 heteroatoms. The average Bonchev–Trinajstić information content (AvgIpc) is 2.23. The van der Waals surface area contributed by atoms with Gasteiger partial charge in [-0.3, -0.25) is 0 Å². The largest absolute Gasteiger partial charge is 0.235 e. The Balaban J connectivity index is 2.57. The van der Waals surface area contributed by atoms with Gasteiger partial charge in [-0.15, -0.1) is 0 Å². The maximum atomic E-state index is 11.7. The van der Waals surface area contributed by atoms with E-state index in [1.165, 1.54) is 6.26 Å². The van der Waals surface area contributed by atoms with Gasteiger partial charge in [0.15, 0.2) is 9.84 Å². The minimum Gasteiger partial charge on any atom is -0.224 e. The molecule has 1 saturated carbocycles. The second-order valence-corrected chi connectivity index (χ2v) is 6.82. The topological polar surface area (TPSA) is 63.6 Å². The molecule has 0 spiro atoms. The third kappa shape index (κ3) is 2.11. The van der Waals surface area contributed by atoms with Crippen molar-refractivity contribution >= 4 is 15.9 Å². The molecule has 96 valence electrons.